The number of nitrogens with one attached hydrogen (secondary N) is 1. The SMILES string of the molecule is CCCCC/C=C\C/C=C\CCCCCCCCCCCCCCCCCC(=O)OC(/C=C\CCCCCCCCCCCCC)C(COP(=O)(O)OCC[N+](C)(C)C)NC(=O)CCCCCCCCC/C=C/CCCCCCCC. The van der Waals surface area contributed by atoms with E-state index < -0.39 is 20.0 Å². The minimum absolute atomic E-state index is 0.0408. The predicted molar refractivity (Wildman–Crippen MR) is 351 cm³/mol. The van der Waals surface area contributed by atoms with E-state index in [1.165, 1.54) is 238 Å². The number of phosphoric ester groups is 1. The van der Waals surface area contributed by atoms with Crippen LogP contribution < -0.4 is 5.32 Å². The Bertz CT molecular complexity index is 1520. The van der Waals surface area contributed by atoms with Crippen LogP contribution in [0, 0.1) is 0 Å². The molecule has 0 saturated heterocycles. The highest BCUT2D eigenvalue weighted by Gasteiger charge is 2.30. The van der Waals surface area contributed by atoms with Crippen molar-refractivity contribution < 1.29 is 37.3 Å². The number of esters is 1. The van der Waals surface area contributed by atoms with Gasteiger partial charge >= 0.3 is 13.8 Å². The van der Waals surface area contributed by atoms with Crippen molar-refractivity contribution in [2.24, 2.45) is 0 Å². The number of hydrogen-bond donors (Lipinski definition) is 2. The van der Waals surface area contributed by atoms with Gasteiger partial charge < -0.3 is 19.4 Å². The molecule has 9 nitrogen and oxygen atoms in total. The fourth-order valence-electron chi connectivity index (χ4n) is 10.3. The van der Waals surface area contributed by atoms with Crippen LogP contribution in [-0.2, 0) is 27.9 Å². The molecule has 0 aromatic rings. The molecule has 0 saturated carbocycles. The van der Waals surface area contributed by atoms with Crippen LogP contribution in [0.3, 0.4) is 0 Å². The second-order valence-corrected chi connectivity index (χ2v) is 26.5. The van der Waals surface area contributed by atoms with Crippen molar-refractivity contribution in [3.05, 3.63) is 48.6 Å². The summed E-state index contributed by atoms with van der Waals surface area (Å²) in [5, 5.41) is 3.07. The van der Waals surface area contributed by atoms with Gasteiger partial charge in [-0.2, -0.15) is 0 Å². The number of ether oxygens (including phenoxy) is 1. The van der Waals surface area contributed by atoms with Crippen LogP contribution >= 0.6 is 7.82 Å². The molecular formula is C71H136N2O7P+. The summed E-state index contributed by atoms with van der Waals surface area (Å²) < 4.78 is 30.8. The predicted octanol–water partition coefficient (Wildman–Crippen LogP) is 22.0. The quantitative estimate of drug-likeness (QED) is 0.0205. The van der Waals surface area contributed by atoms with Gasteiger partial charge in [0.2, 0.25) is 5.91 Å². The highest BCUT2D eigenvalue weighted by Crippen LogP contribution is 2.43. The highest BCUT2D eigenvalue weighted by atomic mass is 31.2. The van der Waals surface area contributed by atoms with E-state index in [0.29, 0.717) is 23.9 Å². The number of quaternary nitrogens is 1. The van der Waals surface area contributed by atoms with Crippen LogP contribution in [-0.4, -0.2) is 74.3 Å². The van der Waals surface area contributed by atoms with Crippen LogP contribution in [0.5, 0.6) is 0 Å². The Morgan fingerprint density at radius 3 is 1.15 bits per heavy atom. The third-order valence-electron chi connectivity index (χ3n) is 15.7. The summed E-state index contributed by atoms with van der Waals surface area (Å²) >= 11 is 0. The van der Waals surface area contributed by atoms with Crippen LogP contribution in [0.2, 0.25) is 0 Å². The third-order valence-corrected chi connectivity index (χ3v) is 16.7. The fourth-order valence-corrected chi connectivity index (χ4v) is 11.1. The summed E-state index contributed by atoms with van der Waals surface area (Å²) in [7, 11) is 1.50. The molecule has 3 unspecified atom stereocenters. The largest absolute Gasteiger partial charge is 0.472 e. The summed E-state index contributed by atoms with van der Waals surface area (Å²) in [6.45, 7) is 7.03. The van der Waals surface area contributed by atoms with E-state index in [2.05, 4.69) is 62.5 Å². The average Bonchev–Trinajstić information content (AvgIpc) is 3.44. The number of nitrogens with zero attached hydrogens (tertiary/aromatic N) is 1. The molecule has 0 heterocycles. The molecule has 0 aliphatic heterocycles. The maximum absolute atomic E-state index is 13.6. The first-order valence-electron chi connectivity index (χ1n) is 35.0. The number of carbonyl (C=O) groups is 2. The van der Waals surface area contributed by atoms with Crippen LogP contribution in [0.1, 0.15) is 342 Å². The van der Waals surface area contributed by atoms with Gasteiger partial charge in [-0.1, -0.05) is 288 Å². The first kappa shape index (κ1) is 79.0. The van der Waals surface area contributed by atoms with Crippen molar-refractivity contribution in [2.45, 2.75) is 354 Å². The van der Waals surface area contributed by atoms with E-state index in [0.717, 1.165) is 70.6 Å². The lowest BCUT2D eigenvalue weighted by Gasteiger charge is -2.27. The van der Waals surface area contributed by atoms with Gasteiger partial charge in [0.25, 0.3) is 0 Å². The zero-order valence-electron chi connectivity index (χ0n) is 54.5. The molecule has 0 spiro atoms. The van der Waals surface area contributed by atoms with Crippen LogP contribution in [0.4, 0.5) is 0 Å². The number of phosphoric acid groups is 1. The molecular weight excluding hydrogens is 1020 g/mol. The van der Waals surface area contributed by atoms with Gasteiger partial charge in [0.15, 0.2) is 0 Å². The van der Waals surface area contributed by atoms with Crippen molar-refractivity contribution >= 4 is 19.7 Å². The molecule has 1 amide bonds. The highest BCUT2D eigenvalue weighted by molar-refractivity contribution is 7.47. The standard InChI is InChI=1S/C71H135N2O7P/c1-7-10-13-16-19-22-25-28-30-32-33-34-35-36-37-38-39-41-43-46-49-52-55-58-61-64-71(75)80-69(62-59-56-53-50-47-44-27-24-21-18-15-12-9-3)68(67-79-81(76,77)78-66-65-73(4,5)6)72-70(74)63-60-57-54-51-48-45-42-40-31-29-26-23-20-17-14-11-8-2/h19,22,28-31,59,62,68-69H,7-18,20-21,23-27,32-58,60-61,63-67H2,1-6H3,(H-,72,74,76,77)/p+1/b22-19-,30-28-,31-29+,62-59-. The second kappa shape index (κ2) is 61.1. The normalized spacial score (nSPS) is 13.8. The Balaban J connectivity index is 5.08. The number of carbonyl (C=O) groups excluding carboxylic acids is 2. The van der Waals surface area contributed by atoms with Crippen molar-refractivity contribution in [3.63, 3.8) is 0 Å². The number of amides is 1. The minimum atomic E-state index is -4.45. The Morgan fingerprint density at radius 1 is 0.432 bits per heavy atom. The van der Waals surface area contributed by atoms with Gasteiger partial charge in [-0.3, -0.25) is 18.6 Å². The molecule has 0 bridgehead atoms. The lowest BCUT2D eigenvalue weighted by Crippen LogP contribution is -2.47. The van der Waals surface area contributed by atoms with Gasteiger partial charge in [-0.05, 0) is 89.5 Å². The Hall–Kier alpha value is -2.03. The Kier molecular flexibility index (Phi) is 59.5. The van der Waals surface area contributed by atoms with E-state index in [9.17, 15) is 19.0 Å². The number of rotatable bonds is 64. The van der Waals surface area contributed by atoms with E-state index >= 15 is 0 Å². The first-order valence-corrected chi connectivity index (χ1v) is 36.5. The second-order valence-electron chi connectivity index (χ2n) is 25.0. The molecule has 3 atom stereocenters. The molecule has 0 aromatic carbocycles. The van der Waals surface area contributed by atoms with Crippen molar-refractivity contribution in [2.75, 3.05) is 40.9 Å². The number of likely N-dealkylation sites (N-methyl/N-ethyl adjacent to an activating group) is 1. The van der Waals surface area contributed by atoms with Gasteiger partial charge in [-0.25, -0.2) is 4.57 Å². The summed E-state index contributed by atoms with van der Waals surface area (Å²) in [4.78, 5) is 37.9. The molecule has 0 aliphatic rings. The maximum atomic E-state index is 13.6. The van der Waals surface area contributed by atoms with E-state index in [1.54, 1.807) is 0 Å². The monoisotopic (exact) mass is 1160 g/mol. The number of allylic oxidation sites excluding steroid dienone is 7. The fraction of sp³-hybridized carbons (Fsp3) is 0.859. The zero-order chi connectivity index (χ0) is 59.3. The molecule has 476 valence electrons. The smallest absolute Gasteiger partial charge is 0.456 e. The molecule has 0 fully saturated rings. The first-order chi connectivity index (χ1) is 39.4. The summed E-state index contributed by atoms with van der Waals surface area (Å²) in [5.41, 5.74) is 0. The zero-order valence-corrected chi connectivity index (χ0v) is 55.4. The van der Waals surface area contributed by atoms with Gasteiger partial charge in [0.1, 0.15) is 19.3 Å². The maximum Gasteiger partial charge on any atom is 0.472 e. The Morgan fingerprint density at radius 2 is 0.753 bits per heavy atom. The topological polar surface area (TPSA) is 111 Å². The average molecular weight is 1160 g/mol. The number of hydrogen-bond acceptors (Lipinski definition) is 6. The Labute approximate surface area is 503 Å². The molecule has 2 N–H and O–H groups in total. The molecule has 10 heteroatoms. The van der Waals surface area contributed by atoms with Gasteiger partial charge in [0.05, 0.1) is 33.8 Å². The van der Waals surface area contributed by atoms with Crippen molar-refractivity contribution in [1.29, 1.82) is 0 Å². The third kappa shape index (κ3) is 62.3. The van der Waals surface area contributed by atoms with E-state index in [4.69, 9.17) is 13.8 Å². The molecule has 81 heavy (non-hydrogen) atoms. The summed E-state index contributed by atoms with van der Waals surface area (Å²) in [5.74, 6) is -0.495. The lowest BCUT2D eigenvalue weighted by atomic mass is 10.0. The molecule has 0 aromatic heterocycles. The van der Waals surface area contributed by atoms with Crippen molar-refractivity contribution in [3.8, 4) is 0 Å². The lowest BCUT2D eigenvalue weighted by molar-refractivity contribution is -0.870. The van der Waals surface area contributed by atoms with E-state index in [1.807, 2.05) is 33.3 Å². The summed E-state index contributed by atoms with van der Waals surface area (Å²) in [6.07, 6.45) is 76.9. The van der Waals surface area contributed by atoms with Crippen LogP contribution in [0.15, 0.2) is 48.6 Å². The van der Waals surface area contributed by atoms with Crippen molar-refractivity contribution in [1.82, 2.24) is 5.32 Å². The van der Waals surface area contributed by atoms with Crippen LogP contribution in [0.25, 0.3) is 0 Å². The summed E-state index contributed by atoms with van der Waals surface area (Å²) in [6, 6.07) is -0.849. The molecule has 0 radical (unpaired) electrons. The molecule has 0 aliphatic carbocycles. The van der Waals surface area contributed by atoms with Gasteiger partial charge in [-0.15, -0.1) is 0 Å². The van der Waals surface area contributed by atoms with E-state index in [-0.39, 0.29) is 25.1 Å². The minimum Gasteiger partial charge on any atom is -0.456 e. The number of unbranched alkanes of at least 4 members (excludes halogenated alkanes) is 42. The van der Waals surface area contributed by atoms with Gasteiger partial charge in [0, 0.05) is 12.8 Å². The molecule has 0 rings (SSSR count).